The summed E-state index contributed by atoms with van der Waals surface area (Å²) in [6.07, 6.45) is -18.7. The zero-order valence-corrected chi connectivity index (χ0v) is 22.1. The number of carbonyl (C=O) groups excluding carboxylic acids is 1. The Morgan fingerprint density at radius 1 is 0.930 bits per heavy atom. The molecule has 1 amide bonds. The van der Waals surface area contributed by atoms with Crippen molar-refractivity contribution in [3.63, 3.8) is 0 Å². The average Bonchev–Trinajstić information content (AvgIpc) is 3.66. The Bertz CT molecular complexity index is 1360. The van der Waals surface area contributed by atoms with Crippen molar-refractivity contribution in [3.8, 4) is 0 Å². The highest BCUT2D eigenvalue weighted by Gasteiger charge is 2.64. The molecule has 4 nitrogen and oxygen atoms in total. The number of nitrogens with zero attached hydrogens (tertiary/aromatic N) is 2. The molecule has 1 aromatic carbocycles. The maximum absolute atomic E-state index is 14.9. The molecule has 2 atom stereocenters. The lowest BCUT2D eigenvalue weighted by atomic mass is 9.72. The van der Waals surface area contributed by atoms with Crippen LogP contribution in [-0.4, -0.2) is 29.7 Å². The van der Waals surface area contributed by atoms with Gasteiger partial charge in [-0.15, -0.1) is 0 Å². The molecule has 4 rings (SSSR count). The first-order valence-corrected chi connectivity index (χ1v) is 12.8. The molecular formula is C27H23F12N3O. The van der Waals surface area contributed by atoms with Crippen LogP contribution in [0.5, 0.6) is 0 Å². The molecule has 0 spiro atoms. The van der Waals surface area contributed by atoms with Crippen molar-refractivity contribution in [1.82, 2.24) is 10.3 Å². The third-order valence-electron chi connectivity index (χ3n) is 7.54. The van der Waals surface area contributed by atoms with Gasteiger partial charge in [0.2, 0.25) is 5.91 Å². The van der Waals surface area contributed by atoms with Crippen LogP contribution in [-0.2, 0) is 35.3 Å². The average molecular weight is 633 g/mol. The molecule has 0 bridgehead atoms. The second-order valence-corrected chi connectivity index (χ2v) is 10.4. The van der Waals surface area contributed by atoms with Crippen molar-refractivity contribution in [2.45, 2.75) is 68.9 Å². The topological polar surface area (TPSA) is 45.2 Å². The van der Waals surface area contributed by atoms with E-state index in [1.165, 1.54) is 6.92 Å². The molecule has 2 fully saturated rings. The first-order chi connectivity index (χ1) is 19.7. The summed E-state index contributed by atoms with van der Waals surface area (Å²) in [7, 11) is 0. The van der Waals surface area contributed by atoms with Crippen molar-refractivity contribution in [2.24, 2.45) is 5.92 Å². The second-order valence-electron chi connectivity index (χ2n) is 10.4. The van der Waals surface area contributed by atoms with Gasteiger partial charge in [0.15, 0.2) is 0 Å². The van der Waals surface area contributed by atoms with Gasteiger partial charge in [-0.05, 0) is 56.0 Å². The Morgan fingerprint density at radius 3 is 1.98 bits per heavy atom. The van der Waals surface area contributed by atoms with Crippen LogP contribution >= 0.6 is 0 Å². The molecule has 0 radical (unpaired) electrons. The third kappa shape index (κ3) is 6.42. The lowest BCUT2D eigenvalue weighted by Gasteiger charge is -2.39. The highest BCUT2D eigenvalue weighted by Crippen LogP contribution is 2.54. The van der Waals surface area contributed by atoms with E-state index in [9.17, 15) is 57.5 Å². The smallest absolute Gasteiger partial charge is 0.352 e. The fourth-order valence-electron chi connectivity index (χ4n) is 5.26. The van der Waals surface area contributed by atoms with Crippen molar-refractivity contribution >= 4 is 11.7 Å². The summed E-state index contributed by atoms with van der Waals surface area (Å²) >= 11 is 0. The van der Waals surface area contributed by atoms with Crippen LogP contribution < -0.4 is 10.2 Å². The number of halogens is 12. The summed E-state index contributed by atoms with van der Waals surface area (Å²) in [5, 5.41) is 2.34. The highest BCUT2D eigenvalue weighted by molar-refractivity contribution is 5.80. The van der Waals surface area contributed by atoms with E-state index in [-0.39, 0.29) is 24.1 Å². The molecule has 236 valence electrons. The van der Waals surface area contributed by atoms with Crippen LogP contribution in [0.2, 0.25) is 0 Å². The number of carbonyl (C=O) groups is 1. The minimum absolute atomic E-state index is 0.0110. The summed E-state index contributed by atoms with van der Waals surface area (Å²) in [4.78, 5) is 16.6. The van der Waals surface area contributed by atoms with Gasteiger partial charge in [-0.2, -0.15) is 52.7 Å². The first-order valence-electron chi connectivity index (χ1n) is 12.8. The van der Waals surface area contributed by atoms with E-state index in [0.29, 0.717) is 18.9 Å². The van der Waals surface area contributed by atoms with Gasteiger partial charge < -0.3 is 10.2 Å². The fourth-order valence-corrected chi connectivity index (χ4v) is 5.26. The monoisotopic (exact) mass is 633 g/mol. The standard InChI is InChI=1S/C27H23F12N3O/c1-2-3-20-23(27(37,38)39,16-8-17(24(28,29)30)10-18(9-16)25(31,32)33)6-7-42(20)21-11-19(26(34,35)36)15(12-40-21)13-41-22(43)14-4-5-14/h2-3,8-12,14,20H,4-7,13H2,1H3,(H,41,43)/b3-2+. The number of aromatic nitrogens is 1. The van der Waals surface area contributed by atoms with Crippen LogP contribution in [0.4, 0.5) is 58.5 Å². The number of anilines is 1. The van der Waals surface area contributed by atoms with Crippen LogP contribution in [0.1, 0.15) is 54.0 Å². The number of amides is 1. The lowest BCUT2D eigenvalue weighted by Crippen LogP contribution is -2.52. The van der Waals surface area contributed by atoms with Gasteiger partial charge in [-0.1, -0.05) is 12.2 Å². The van der Waals surface area contributed by atoms with Gasteiger partial charge >= 0.3 is 24.7 Å². The summed E-state index contributed by atoms with van der Waals surface area (Å²) < 4.78 is 168. The van der Waals surface area contributed by atoms with Crippen molar-refractivity contribution in [1.29, 1.82) is 0 Å². The predicted octanol–water partition coefficient (Wildman–Crippen LogP) is 7.82. The molecule has 43 heavy (non-hydrogen) atoms. The Balaban J connectivity index is 1.85. The fraction of sp³-hybridized carbons (Fsp3) is 0.481. The zero-order chi connectivity index (χ0) is 32.2. The predicted molar refractivity (Wildman–Crippen MR) is 129 cm³/mol. The van der Waals surface area contributed by atoms with Crippen LogP contribution in [0, 0.1) is 5.92 Å². The number of pyridine rings is 1. The SMILES string of the molecule is C/C=C/C1N(c2cc(C(F)(F)F)c(CNC(=O)C3CC3)cn2)CCC1(c1cc(C(F)(F)F)cc(C(F)(F)F)c1)C(F)(F)F. The van der Waals surface area contributed by atoms with Crippen molar-refractivity contribution < 1.29 is 57.5 Å². The van der Waals surface area contributed by atoms with Crippen molar-refractivity contribution in [2.75, 3.05) is 11.4 Å². The number of alkyl halides is 12. The number of hydrogen-bond donors (Lipinski definition) is 1. The van der Waals surface area contributed by atoms with E-state index < -0.39 is 95.2 Å². The van der Waals surface area contributed by atoms with Crippen molar-refractivity contribution in [3.05, 3.63) is 70.4 Å². The zero-order valence-electron chi connectivity index (χ0n) is 22.1. The quantitative estimate of drug-likeness (QED) is 0.261. The highest BCUT2D eigenvalue weighted by atomic mass is 19.4. The molecule has 1 aromatic heterocycles. The van der Waals surface area contributed by atoms with Gasteiger partial charge in [-0.3, -0.25) is 4.79 Å². The van der Waals surface area contributed by atoms with Gasteiger partial charge in [0, 0.05) is 30.8 Å². The second kappa shape index (κ2) is 10.9. The third-order valence-corrected chi connectivity index (χ3v) is 7.54. The summed E-state index contributed by atoms with van der Waals surface area (Å²) in [6, 6.07) is -1.94. The van der Waals surface area contributed by atoms with E-state index in [0.717, 1.165) is 23.2 Å². The molecular weight excluding hydrogens is 610 g/mol. The minimum Gasteiger partial charge on any atom is -0.352 e. The lowest BCUT2D eigenvalue weighted by molar-refractivity contribution is -0.190. The summed E-state index contributed by atoms with van der Waals surface area (Å²) in [5.74, 6) is -1.43. The molecule has 1 N–H and O–H groups in total. The number of nitrogens with one attached hydrogen (secondary N) is 1. The molecule has 2 aromatic rings. The molecule has 2 heterocycles. The number of allylic oxidation sites excluding steroid dienone is 1. The molecule has 2 unspecified atom stereocenters. The molecule has 1 saturated heterocycles. The Labute approximate surface area is 236 Å². The molecule has 16 heteroatoms. The maximum Gasteiger partial charge on any atom is 0.416 e. The maximum atomic E-state index is 14.9. The number of rotatable bonds is 6. The van der Waals surface area contributed by atoms with Gasteiger partial charge in [0.05, 0.1) is 22.7 Å². The van der Waals surface area contributed by atoms with E-state index in [1.807, 2.05) is 0 Å². The van der Waals surface area contributed by atoms with E-state index in [2.05, 4.69) is 10.3 Å². The Kier molecular flexibility index (Phi) is 8.24. The molecule has 1 aliphatic heterocycles. The molecule has 2 aliphatic rings. The molecule has 1 aliphatic carbocycles. The number of hydrogen-bond acceptors (Lipinski definition) is 3. The minimum atomic E-state index is -5.46. The van der Waals surface area contributed by atoms with E-state index in [1.54, 1.807) is 0 Å². The first kappa shape index (κ1) is 32.5. The van der Waals surface area contributed by atoms with Gasteiger partial charge in [0.25, 0.3) is 0 Å². The Hall–Kier alpha value is -3.46. The summed E-state index contributed by atoms with van der Waals surface area (Å²) in [5.41, 5.74) is -10.5. The molecule has 1 saturated carbocycles. The summed E-state index contributed by atoms with van der Waals surface area (Å²) in [6.45, 7) is -0.0496. The van der Waals surface area contributed by atoms with E-state index >= 15 is 0 Å². The van der Waals surface area contributed by atoms with Gasteiger partial charge in [0.1, 0.15) is 11.2 Å². The Morgan fingerprint density at radius 2 is 1.51 bits per heavy atom. The van der Waals surface area contributed by atoms with Crippen LogP contribution in [0.3, 0.4) is 0 Å². The van der Waals surface area contributed by atoms with Gasteiger partial charge in [-0.25, -0.2) is 4.98 Å². The normalized spacial score (nSPS) is 22.0. The van der Waals surface area contributed by atoms with E-state index in [4.69, 9.17) is 0 Å². The van der Waals surface area contributed by atoms with Crippen LogP contribution in [0.25, 0.3) is 0 Å². The van der Waals surface area contributed by atoms with Crippen LogP contribution in [0.15, 0.2) is 42.6 Å². The largest absolute Gasteiger partial charge is 0.416 e. The number of benzene rings is 1.